The first kappa shape index (κ1) is 20.9. The standard InChI is InChI=1S/C25H25N5O3/c1-16-2-9-23-21(12-16)20(8-11-24(31)32)22-10-5-18(13-30(22)23)28-25(33)17-3-6-19(7-4-17)29-14-26-27-15-29/h2-4,6-7,9,12,14-15,18H,5,8,10-11,13H2,1H3,(H,28,33)(H,31,32)/t18-/m1/s1. The van der Waals surface area contributed by atoms with E-state index in [1.54, 1.807) is 29.4 Å². The highest BCUT2D eigenvalue weighted by Gasteiger charge is 2.26. The number of aliphatic carboxylic acids is 1. The Bertz CT molecular complexity index is 1320. The summed E-state index contributed by atoms with van der Waals surface area (Å²) >= 11 is 0. The van der Waals surface area contributed by atoms with Gasteiger partial charge in [-0.3, -0.25) is 14.2 Å². The van der Waals surface area contributed by atoms with Gasteiger partial charge >= 0.3 is 5.97 Å². The average Bonchev–Trinajstić information content (AvgIpc) is 3.44. The number of carboxylic acid groups (broad SMARTS) is 1. The molecule has 8 heteroatoms. The first-order valence-electron chi connectivity index (χ1n) is 11.1. The van der Waals surface area contributed by atoms with E-state index in [-0.39, 0.29) is 18.4 Å². The van der Waals surface area contributed by atoms with Crippen molar-refractivity contribution in [1.82, 2.24) is 24.6 Å². The molecule has 3 heterocycles. The lowest BCUT2D eigenvalue weighted by Gasteiger charge is -2.27. The number of carbonyl (C=O) groups is 2. The van der Waals surface area contributed by atoms with Gasteiger partial charge in [-0.2, -0.15) is 0 Å². The summed E-state index contributed by atoms with van der Waals surface area (Å²) in [5, 5.41) is 21.1. The van der Waals surface area contributed by atoms with Crippen LogP contribution in [0.2, 0.25) is 0 Å². The third-order valence-corrected chi connectivity index (χ3v) is 6.35. The largest absolute Gasteiger partial charge is 0.481 e. The third kappa shape index (κ3) is 4.11. The van der Waals surface area contributed by atoms with E-state index in [1.165, 1.54) is 5.69 Å². The number of hydrogen-bond acceptors (Lipinski definition) is 4. The topological polar surface area (TPSA) is 102 Å². The molecule has 0 unspecified atom stereocenters. The summed E-state index contributed by atoms with van der Waals surface area (Å²) in [5.41, 5.74) is 6.08. The SMILES string of the molecule is Cc1ccc2c(c1)c(CCC(=O)O)c1n2C[C@H](NC(=O)c2ccc(-n3cnnc3)cc2)CC1. The fourth-order valence-electron chi connectivity index (χ4n) is 4.72. The van der Waals surface area contributed by atoms with E-state index in [0.717, 1.165) is 40.6 Å². The smallest absolute Gasteiger partial charge is 0.303 e. The van der Waals surface area contributed by atoms with Crippen molar-refractivity contribution in [3.8, 4) is 5.69 Å². The van der Waals surface area contributed by atoms with Crippen LogP contribution in [0.3, 0.4) is 0 Å². The minimum Gasteiger partial charge on any atom is -0.481 e. The van der Waals surface area contributed by atoms with E-state index < -0.39 is 5.97 Å². The Morgan fingerprint density at radius 1 is 1.12 bits per heavy atom. The molecule has 4 aromatic rings. The summed E-state index contributed by atoms with van der Waals surface area (Å²) in [6.07, 6.45) is 5.49. The van der Waals surface area contributed by atoms with Gasteiger partial charge in [-0.25, -0.2) is 0 Å². The minimum absolute atomic E-state index is 0.00625. The number of benzene rings is 2. The molecule has 2 aromatic heterocycles. The first-order chi connectivity index (χ1) is 16.0. The number of fused-ring (bicyclic) bond motifs is 3. The first-order valence-corrected chi connectivity index (χ1v) is 11.1. The molecule has 2 N–H and O–H groups in total. The number of nitrogens with one attached hydrogen (secondary N) is 1. The molecule has 0 fully saturated rings. The predicted molar refractivity (Wildman–Crippen MR) is 124 cm³/mol. The van der Waals surface area contributed by atoms with Gasteiger partial charge < -0.3 is 15.0 Å². The summed E-state index contributed by atoms with van der Waals surface area (Å²) in [7, 11) is 0. The van der Waals surface area contributed by atoms with Crippen molar-refractivity contribution in [3.63, 3.8) is 0 Å². The molecular weight excluding hydrogens is 418 g/mol. The fraction of sp³-hybridized carbons (Fsp3) is 0.280. The molecule has 168 valence electrons. The van der Waals surface area contributed by atoms with Crippen LogP contribution in [-0.2, 0) is 24.2 Å². The number of nitrogens with zero attached hydrogens (tertiary/aromatic N) is 4. The van der Waals surface area contributed by atoms with Gasteiger partial charge in [0.05, 0.1) is 0 Å². The quantitative estimate of drug-likeness (QED) is 0.476. The third-order valence-electron chi connectivity index (χ3n) is 6.35. The fourth-order valence-corrected chi connectivity index (χ4v) is 4.72. The van der Waals surface area contributed by atoms with Crippen molar-refractivity contribution in [1.29, 1.82) is 0 Å². The van der Waals surface area contributed by atoms with Gasteiger partial charge in [0.15, 0.2) is 0 Å². The van der Waals surface area contributed by atoms with Crippen LogP contribution in [-0.4, -0.2) is 42.4 Å². The molecule has 1 amide bonds. The van der Waals surface area contributed by atoms with Crippen LogP contribution >= 0.6 is 0 Å². The monoisotopic (exact) mass is 443 g/mol. The number of carboxylic acids is 1. The molecule has 8 nitrogen and oxygen atoms in total. The van der Waals surface area contributed by atoms with E-state index >= 15 is 0 Å². The second-order valence-corrected chi connectivity index (χ2v) is 8.58. The van der Waals surface area contributed by atoms with Crippen molar-refractivity contribution in [2.75, 3.05) is 0 Å². The molecule has 0 radical (unpaired) electrons. The van der Waals surface area contributed by atoms with Gasteiger partial charge in [-0.1, -0.05) is 11.6 Å². The molecule has 0 aliphatic carbocycles. The van der Waals surface area contributed by atoms with Crippen molar-refractivity contribution in [2.45, 2.75) is 45.2 Å². The zero-order valence-corrected chi connectivity index (χ0v) is 18.4. The molecular formula is C25H25N5O3. The van der Waals surface area contributed by atoms with Crippen LogP contribution in [0.4, 0.5) is 0 Å². The van der Waals surface area contributed by atoms with Gasteiger partial charge in [-0.15, -0.1) is 10.2 Å². The lowest BCUT2D eigenvalue weighted by Crippen LogP contribution is -2.41. The Balaban J connectivity index is 1.35. The molecule has 5 rings (SSSR count). The van der Waals surface area contributed by atoms with Gasteiger partial charge in [0.1, 0.15) is 12.7 Å². The second kappa shape index (κ2) is 8.54. The van der Waals surface area contributed by atoms with Crippen molar-refractivity contribution < 1.29 is 14.7 Å². The number of amides is 1. The van der Waals surface area contributed by atoms with Gasteiger partial charge in [0.2, 0.25) is 0 Å². The molecule has 0 saturated heterocycles. The highest BCUT2D eigenvalue weighted by molar-refractivity contribution is 5.94. The zero-order chi connectivity index (χ0) is 22.9. The Hall–Kier alpha value is -3.94. The Morgan fingerprint density at radius 3 is 2.61 bits per heavy atom. The van der Waals surface area contributed by atoms with Crippen molar-refractivity contribution in [3.05, 3.63) is 77.5 Å². The van der Waals surface area contributed by atoms with Crippen LogP contribution in [0, 0.1) is 6.92 Å². The van der Waals surface area contributed by atoms with Crippen LogP contribution in [0.1, 0.15) is 40.0 Å². The molecule has 1 atom stereocenters. The normalized spacial score (nSPS) is 15.4. The van der Waals surface area contributed by atoms with Crippen LogP contribution in [0.25, 0.3) is 16.6 Å². The predicted octanol–water partition coefficient (Wildman–Crippen LogP) is 3.29. The molecule has 0 saturated carbocycles. The van der Waals surface area contributed by atoms with Gasteiger partial charge in [0, 0.05) is 46.9 Å². The molecule has 33 heavy (non-hydrogen) atoms. The highest BCUT2D eigenvalue weighted by Crippen LogP contribution is 2.32. The number of rotatable bonds is 6. The average molecular weight is 444 g/mol. The molecule has 1 aliphatic rings. The summed E-state index contributed by atoms with van der Waals surface area (Å²) in [4.78, 5) is 24.1. The number of aromatic nitrogens is 4. The van der Waals surface area contributed by atoms with E-state index in [1.807, 2.05) is 12.1 Å². The van der Waals surface area contributed by atoms with Gasteiger partial charge in [-0.05, 0) is 68.1 Å². The Morgan fingerprint density at radius 2 is 1.88 bits per heavy atom. The van der Waals surface area contributed by atoms with Crippen LogP contribution in [0.15, 0.2) is 55.1 Å². The van der Waals surface area contributed by atoms with E-state index in [4.69, 9.17) is 0 Å². The molecule has 0 spiro atoms. The molecule has 1 aliphatic heterocycles. The summed E-state index contributed by atoms with van der Waals surface area (Å²) < 4.78 is 4.04. The summed E-state index contributed by atoms with van der Waals surface area (Å²) in [6, 6.07) is 13.7. The maximum absolute atomic E-state index is 12.9. The zero-order valence-electron chi connectivity index (χ0n) is 18.4. The second-order valence-electron chi connectivity index (χ2n) is 8.58. The van der Waals surface area contributed by atoms with Crippen molar-refractivity contribution >= 4 is 22.8 Å². The number of hydrogen-bond donors (Lipinski definition) is 2. The summed E-state index contributed by atoms with van der Waals surface area (Å²) in [6.45, 7) is 2.72. The van der Waals surface area contributed by atoms with Crippen LogP contribution in [0.5, 0.6) is 0 Å². The van der Waals surface area contributed by atoms with Crippen molar-refractivity contribution in [2.24, 2.45) is 0 Å². The Labute approximate surface area is 190 Å². The number of aryl methyl sites for hydroxylation is 2. The molecule has 0 bridgehead atoms. The van der Waals surface area contributed by atoms with E-state index in [2.05, 4.69) is 45.2 Å². The minimum atomic E-state index is -0.785. The number of carbonyl (C=O) groups excluding carboxylic acids is 1. The lowest BCUT2D eigenvalue weighted by atomic mass is 9.98. The van der Waals surface area contributed by atoms with Gasteiger partial charge in [0.25, 0.3) is 5.91 Å². The highest BCUT2D eigenvalue weighted by atomic mass is 16.4. The van der Waals surface area contributed by atoms with E-state index in [9.17, 15) is 14.7 Å². The van der Waals surface area contributed by atoms with E-state index in [0.29, 0.717) is 18.5 Å². The maximum Gasteiger partial charge on any atom is 0.303 e. The lowest BCUT2D eigenvalue weighted by molar-refractivity contribution is -0.136. The Kier molecular flexibility index (Phi) is 5.42. The molecule has 2 aromatic carbocycles. The summed E-state index contributed by atoms with van der Waals surface area (Å²) in [5.74, 6) is -0.885. The van der Waals surface area contributed by atoms with Crippen LogP contribution < -0.4 is 5.32 Å². The maximum atomic E-state index is 12.9.